The van der Waals surface area contributed by atoms with Gasteiger partial charge in [0.1, 0.15) is 23.3 Å². The van der Waals surface area contributed by atoms with Crippen LogP contribution in [0.3, 0.4) is 0 Å². The van der Waals surface area contributed by atoms with Crippen LogP contribution in [0.4, 0.5) is 5.95 Å². The number of nitrogens with zero attached hydrogens (tertiary/aromatic N) is 6. The summed E-state index contributed by atoms with van der Waals surface area (Å²) in [6.45, 7) is 5.65. The zero-order valence-electron chi connectivity index (χ0n) is 20.8. The zero-order valence-corrected chi connectivity index (χ0v) is 22.3. The summed E-state index contributed by atoms with van der Waals surface area (Å²) in [5.74, 6) is 0.869. The van der Waals surface area contributed by atoms with Crippen LogP contribution >= 0.6 is 11.6 Å². The summed E-state index contributed by atoms with van der Waals surface area (Å²) in [6, 6.07) is 5.17. The molecule has 0 aliphatic carbocycles. The van der Waals surface area contributed by atoms with Crippen molar-refractivity contribution in [2.24, 2.45) is 0 Å². The first-order valence-corrected chi connectivity index (χ1v) is 13.3. The summed E-state index contributed by atoms with van der Waals surface area (Å²) in [5.41, 5.74) is 0.439. The summed E-state index contributed by atoms with van der Waals surface area (Å²) in [5, 5.41) is 7.56. The number of methoxy groups -OCH3 is 2. The van der Waals surface area contributed by atoms with Crippen molar-refractivity contribution in [1.82, 2.24) is 29.7 Å². The van der Waals surface area contributed by atoms with Gasteiger partial charge in [-0.25, -0.2) is 23.4 Å². The van der Waals surface area contributed by atoms with Crippen LogP contribution < -0.4 is 9.46 Å². The Morgan fingerprint density at radius 3 is 2.47 bits per heavy atom. The van der Waals surface area contributed by atoms with Gasteiger partial charge in [-0.2, -0.15) is 0 Å². The third kappa shape index (κ3) is 6.27. The van der Waals surface area contributed by atoms with E-state index in [1.807, 2.05) is 13.8 Å². The molecule has 3 heterocycles. The molecular weight excluding hydrogens is 510 g/mol. The second kappa shape index (κ2) is 12.4. The number of ether oxygens (including phenoxy) is 3. The number of sulfonamides is 1. The van der Waals surface area contributed by atoms with Gasteiger partial charge in [-0.3, -0.25) is 9.29 Å². The Hall–Kier alpha value is -2.87. The average Bonchev–Trinajstić information content (AvgIpc) is 3.28. The number of anilines is 1. The zero-order chi connectivity index (χ0) is 26.3. The van der Waals surface area contributed by atoms with E-state index in [9.17, 15) is 8.42 Å². The molecule has 1 unspecified atom stereocenters. The molecule has 1 N–H and O–H groups in total. The highest BCUT2D eigenvalue weighted by Crippen LogP contribution is 2.30. The summed E-state index contributed by atoms with van der Waals surface area (Å²) in [7, 11) is -1.05. The first kappa shape index (κ1) is 27.7. The van der Waals surface area contributed by atoms with Crippen molar-refractivity contribution in [3.05, 3.63) is 41.4 Å². The van der Waals surface area contributed by atoms with Crippen LogP contribution in [-0.2, 0) is 19.5 Å². The molecule has 0 aliphatic rings. The quantitative estimate of drug-likeness (QED) is 0.341. The first-order valence-electron chi connectivity index (χ1n) is 11.3. The van der Waals surface area contributed by atoms with E-state index in [0.717, 1.165) is 0 Å². The fourth-order valence-electron chi connectivity index (χ4n) is 3.43. The van der Waals surface area contributed by atoms with E-state index >= 15 is 0 Å². The van der Waals surface area contributed by atoms with Gasteiger partial charge in [0.25, 0.3) is 0 Å². The van der Waals surface area contributed by atoms with Crippen LogP contribution in [-0.4, -0.2) is 64.2 Å². The van der Waals surface area contributed by atoms with Gasteiger partial charge in [-0.15, -0.1) is 10.2 Å². The van der Waals surface area contributed by atoms with Gasteiger partial charge >= 0.3 is 0 Å². The Balaban J connectivity index is 2.00. The smallest absolute Gasteiger partial charge is 0.240 e. The van der Waals surface area contributed by atoms with Crippen molar-refractivity contribution in [2.75, 3.05) is 25.5 Å². The normalized spacial score (nSPS) is 14.3. The second-order valence-electron chi connectivity index (χ2n) is 7.78. The van der Waals surface area contributed by atoms with E-state index in [1.165, 1.54) is 33.5 Å². The highest BCUT2D eigenvalue weighted by molar-refractivity contribution is 7.93. The van der Waals surface area contributed by atoms with Crippen LogP contribution in [0.1, 0.15) is 51.8 Å². The lowest BCUT2D eigenvalue weighted by molar-refractivity contribution is 0.0436. The number of nitrogens with one attached hydrogen (secondary N) is 1. The lowest BCUT2D eigenvalue weighted by Crippen LogP contribution is -2.34. The van der Waals surface area contributed by atoms with E-state index in [2.05, 4.69) is 29.9 Å². The molecule has 0 amide bonds. The van der Waals surface area contributed by atoms with Crippen LogP contribution in [0.5, 0.6) is 5.88 Å². The minimum absolute atomic E-state index is 0.0264. The standard InChI is InChI=1S/C22H30ClN7O5S/c1-6-11-35-19(20-24-12-15(23)13-25-20)14(3)36(31,32)29-22-28-27-21(30(22)18(7-2)34-5)16-9-8-10-17(26-16)33-4/h8-10,12-14,18-19H,6-7,11H2,1-5H3,(H,28,29)/t14-,18?,19+/m0/s1. The van der Waals surface area contributed by atoms with Gasteiger partial charge in [0.05, 0.1) is 12.1 Å². The lowest BCUT2D eigenvalue weighted by Gasteiger charge is -2.24. The molecule has 12 nitrogen and oxygen atoms in total. The number of hydrogen-bond donors (Lipinski definition) is 1. The molecule has 3 atom stereocenters. The van der Waals surface area contributed by atoms with Gasteiger partial charge in [0.2, 0.25) is 21.9 Å². The molecule has 14 heteroatoms. The molecular formula is C22H30ClN7O5S. The molecule has 0 saturated heterocycles. The predicted octanol–water partition coefficient (Wildman–Crippen LogP) is 3.65. The van der Waals surface area contributed by atoms with Gasteiger partial charge in [0.15, 0.2) is 11.6 Å². The van der Waals surface area contributed by atoms with Gasteiger partial charge in [-0.1, -0.05) is 31.5 Å². The monoisotopic (exact) mass is 539 g/mol. The lowest BCUT2D eigenvalue weighted by atomic mass is 10.2. The van der Waals surface area contributed by atoms with E-state index in [4.69, 9.17) is 25.8 Å². The van der Waals surface area contributed by atoms with Crippen LogP contribution in [0.2, 0.25) is 5.02 Å². The Kier molecular flexibility index (Phi) is 9.54. The van der Waals surface area contributed by atoms with Crippen molar-refractivity contribution in [3.8, 4) is 17.4 Å². The van der Waals surface area contributed by atoms with E-state index < -0.39 is 27.6 Å². The van der Waals surface area contributed by atoms with Crippen molar-refractivity contribution in [3.63, 3.8) is 0 Å². The SMILES string of the molecule is CCCO[C@@H](c1ncc(Cl)cn1)[C@H](C)S(=O)(=O)Nc1nnc(-c2cccc(OC)n2)n1C(CC)OC. The Morgan fingerprint density at radius 1 is 1.14 bits per heavy atom. The summed E-state index contributed by atoms with van der Waals surface area (Å²) < 4.78 is 47.8. The second-order valence-corrected chi connectivity index (χ2v) is 10.3. The summed E-state index contributed by atoms with van der Waals surface area (Å²) >= 11 is 5.90. The summed E-state index contributed by atoms with van der Waals surface area (Å²) in [6.07, 6.45) is 2.47. The highest BCUT2D eigenvalue weighted by Gasteiger charge is 2.35. The van der Waals surface area contributed by atoms with Gasteiger partial charge < -0.3 is 14.2 Å². The highest BCUT2D eigenvalue weighted by atomic mass is 35.5. The molecule has 0 fully saturated rings. The van der Waals surface area contributed by atoms with Crippen molar-refractivity contribution >= 4 is 27.6 Å². The van der Waals surface area contributed by atoms with E-state index in [-0.39, 0.29) is 11.8 Å². The van der Waals surface area contributed by atoms with Crippen molar-refractivity contribution in [2.45, 2.75) is 51.2 Å². The Morgan fingerprint density at radius 2 is 1.86 bits per heavy atom. The van der Waals surface area contributed by atoms with Crippen molar-refractivity contribution in [1.29, 1.82) is 0 Å². The predicted molar refractivity (Wildman–Crippen MR) is 134 cm³/mol. The van der Waals surface area contributed by atoms with Crippen molar-refractivity contribution < 1.29 is 22.6 Å². The molecule has 0 spiro atoms. The fraction of sp³-hybridized carbons (Fsp3) is 0.500. The summed E-state index contributed by atoms with van der Waals surface area (Å²) in [4.78, 5) is 12.7. The molecule has 3 aromatic heterocycles. The molecule has 0 bridgehead atoms. The Labute approximate surface area is 215 Å². The molecule has 3 rings (SSSR count). The van der Waals surface area contributed by atoms with E-state index in [1.54, 1.807) is 22.8 Å². The molecule has 3 aromatic rings. The molecule has 0 radical (unpaired) electrons. The number of halogens is 1. The fourth-order valence-corrected chi connectivity index (χ4v) is 4.64. The maximum atomic E-state index is 13.5. The van der Waals surface area contributed by atoms with Gasteiger partial charge in [0, 0.05) is 32.2 Å². The average molecular weight is 540 g/mol. The van der Waals surface area contributed by atoms with E-state index in [0.29, 0.717) is 41.9 Å². The number of pyridine rings is 1. The maximum absolute atomic E-state index is 13.5. The van der Waals surface area contributed by atoms with Crippen LogP contribution in [0.25, 0.3) is 11.5 Å². The molecule has 36 heavy (non-hydrogen) atoms. The first-order chi connectivity index (χ1) is 17.2. The Bertz CT molecular complexity index is 1240. The molecule has 0 aliphatic heterocycles. The third-order valence-electron chi connectivity index (χ3n) is 5.31. The molecule has 0 aromatic carbocycles. The topological polar surface area (TPSA) is 143 Å². The number of rotatable bonds is 13. The minimum Gasteiger partial charge on any atom is -0.481 e. The largest absolute Gasteiger partial charge is 0.481 e. The van der Waals surface area contributed by atoms with Crippen LogP contribution in [0, 0.1) is 0 Å². The van der Waals surface area contributed by atoms with Crippen LogP contribution in [0.15, 0.2) is 30.6 Å². The molecule has 0 saturated carbocycles. The van der Waals surface area contributed by atoms with Gasteiger partial charge in [-0.05, 0) is 25.8 Å². The number of hydrogen-bond acceptors (Lipinski definition) is 10. The third-order valence-corrected chi connectivity index (χ3v) is 7.20. The number of aromatic nitrogens is 6. The molecule has 196 valence electrons. The maximum Gasteiger partial charge on any atom is 0.240 e. The minimum atomic E-state index is -4.07.